The van der Waals surface area contributed by atoms with Crippen molar-refractivity contribution >= 4 is 35.7 Å². The molecule has 0 bridgehead atoms. The summed E-state index contributed by atoms with van der Waals surface area (Å²) in [6.45, 7) is -0.174. The van der Waals surface area contributed by atoms with Gasteiger partial charge in [-0.1, -0.05) is 0 Å². The second kappa shape index (κ2) is 13.4. The molecule has 0 atom stereocenters. The molecule has 2 heterocycles. The van der Waals surface area contributed by atoms with E-state index in [4.69, 9.17) is 34.3 Å². The van der Waals surface area contributed by atoms with Crippen molar-refractivity contribution < 1.29 is 19.5 Å². The monoisotopic (exact) mass is 405 g/mol. The zero-order valence-electron chi connectivity index (χ0n) is 14.5. The zero-order chi connectivity index (χ0) is 21.5. The maximum absolute atomic E-state index is 10.5. The molecule has 0 spiro atoms. The van der Waals surface area contributed by atoms with Crippen LogP contribution in [0.15, 0.2) is 15.0 Å². The Bertz CT molecular complexity index is 625. The number of carbonyl (C=O) groups excluding carboxylic acids is 2. The summed E-state index contributed by atoms with van der Waals surface area (Å²) < 4.78 is 0. The normalized spacial score (nSPS) is 14.4. The van der Waals surface area contributed by atoms with Crippen LogP contribution in [0.5, 0.6) is 0 Å². The fourth-order valence-corrected chi connectivity index (χ4v) is 1.25. The van der Waals surface area contributed by atoms with Gasteiger partial charge < -0.3 is 5.11 Å². The molecule has 19 nitrogen and oxygen atoms in total. The van der Waals surface area contributed by atoms with Gasteiger partial charge in [0.15, 0.2) is 0 Å². The standard InChI is InChI=1S/C3H9N5O2.2C3H7N5O/c4-7-3(8-5)6-1-2(9)10;4-7-3-6-1-2(9)8(3)5;4-6-3-5-1-2(9)7-8-3/h1,4-5H2,(H,9,10)(H2,6,7,8);1,4-5H2,(H,6,7);1,4H2,(H,7,9)(H2,5,6,8). The van der Waals surface area contributed by atoms with Crippen molar-refractivity contribution in [3.05, 3.63) is 0 Å². The molecular formula is C9H23N15O4. The van der Waals surface area contributed by atoms with Crippen LogP contribution in [-0.2, 0) is 14.4 Å². The van der Waals surface area contributed by atoms with Crippen LogP contribution in [0.1, 0.15) is 0 Å². The summed E-state index contributed by atoms with van der Waals surface area (Å²) in [5, 5.41) is 8.98. The van der Waals surface area contributed by atoms with Gasteiger partial charge in [-0.3, -0.25) is 46.9 Å². The second-order valence-electron chi connectivity index (χ2n) is 4.38. The number of hydrazine groups is 6. The first-order valence-corrected chi connectivity index (χ1v) is 7.13. The molecule has 17 N–H and O–H groups in total. The van der Waals surface area contributed by atoms with Gasteiger partial charge in [-0.2, -0.15) is 0 Å². The number of carboxylic acids is 1. The van der Waals surface area contributed by atoms with Gasteiger partial charge in [0, 0.05) is 0 Å². The highest BCUT2D eigenvalue weighted by atomic mass is 16.4. The van der Waals surface area contributed by atoms with Gasteiger partial charge in [-0.05, 0) is 0 Å². The largest absolute Gasteiger partial charge is 0.480 e. The third-order valence-electron chi connectivity index (χ3n) is 2.47. The Morgan fingerprint density at radius 3 is 2.07 bits per heavy atom. The highest BCUT2D eigenvalue weighted by molar-refractivity contribution is 6.01. The van der Waals surface area contributed by atoms with Crippen molar-refractivity contribution in [1.82, 2.24) is 37.6 Å². The third-order valence-corrected chi connectivity index (χ3v) is 2.47. The van der Waals surface area contributed by atoms with Crippen LogP contribution >= 0.6 is 0 Å². The van der Waals surface area contributed by atoms with Crippen LogP contribution in [0.3, 0.4) is 0 Å². The van der Waals surface area contributed by atoms with E-state index in [1.807, 2.05) is 0 Å². The Morgan fingerprint density at radius 2 is 1.75 bits per heavy atom. The number of carboxylic acid groups (broad SMARTS) is 1. The molecule has 0 aromatic rings. The van der Waals surface area contributed by atoms with Crippen molar-refractivity contribution in [2.45, 2.75) is 0 Å². The number of aliphatic carboxylic acids is 1. The number of guanidine groups is 3. The maximum atomic E-state index is 10.5. The molecule has 0 saturated heterocycles. The van der Waals surface area contributed by atoms with E-state index in [0.717, 1.165) is 5.01 Å². The SMILES string of the molecule is NNC(=NCC(=O)O)NN.NNC1=NCC(=O)N1N.NNC1=NCC(=O)NN1. The van der Waals surface area contributed by atoms with E-state index < -0.39 is 5.97 Å². The molecule has 0 saturated carbocycles. The lowest BCUT2D eigenvalue weighted by molar-refractivity contribution is -0.135. The Kier molecular flexibility index (Phi) is 11.6. The van der Waals surface area contributed by atoms with E-state index in [1.54, 1.807) is 0 Å². The summed E-state index contributed by atoms with van der Waals surface area (Å²) in [6.07, 6.45) is 0. The summed E-state index contributed by atoms with van der Waals surface area (Å²) in [5.74, 6) is 23.9. The van der Waals surface area contributed by atoms with Gasteiger partial charge in [0.05, 0.1) is 0 Å². The number of carbonyl (C=O) groups is 3. The number of aliphatic imine (C=N–C) groups is 3. The molecule has 2 rings (SSSR count). The Hall–Kier alpha value is -3.78. The zero-order valence-corrected chi connectivity index (χ0v) is 14.5. The molecule has 2 aliphatic rings. The summed E-state index contributed by atoms with van der Waals surface area (Å²) in [7, 11) is 0. The molecular weight excluding hydrogens is 382 g/mol. The molecule has 19 heteroatoms. The number of rotatable bonds is 2. The maximum Gasteiger partial charge on any atom is 0.325 e. The van der Waals surface area contributed by atoms with Crippen molar-refractivity contribution in [1.29, 1.82) is 0 Å². The molecule has 2 aliphatic heterocycles. The van der Waals surface area contributed by atoms with E-state index in [9.17, 15) is 14.4 Å². The molecule has 0 unspecified atom stereocenters. The summed E-state index contributed by atoms with van der Waals surface area (Å²) >= 11 is 0. The molecule has 0 aromatic heterocycles. The van der Waals surface area contributed by atoms with Crippen LogP contribution in [0.2, 0.25) is 0 Å². The van der Waals surface area contributed by atoms with Gasteiger partial charge in [0.2, 0.25) is 17.9 Å². The van der Waals surface area contributed by atoms with Gasteiger partial charge in [-0.15, -0.1) is 0 Å². The lowest BCUT2D eigenvalue weighted by Crippen LogP contribution is -2.54. The first-order chi connectivity index (χ1) is 13.3. The van der Waals surface area contributed by atoms with E-state index in [2.05, 4.69) is 47.5 Å². The fraction of sp³-hybridized carbons (Fsp3) is 0.333. The number of amides is 2. The molecule has 158 valence electrons. The van der Waals surface area contributed by atoms with Crippen LogP contribution < -0.4 is 61.8 Å². The number of hydrogen-bond donors (Lipinski definition) is 12. The van der Waals surface area contributed by atoms with Crippen LogP contribution in [0, 0.1) is 0 Å². The minimum atomic E-state index is -1.05. The summed E-state index contributed by atoms with van der Waals surface area (Å²) in [6, 6.07) is 0. The first-order valence-electron chi connectivity index (χ1n) is 7.13. The van der Waals surface area contributed by atoms with Crippen molar-refractivity contribution in [2.75, 3.05) is 19.6 Å². The first kappa shape index (κ1) is 24.2. The average Bonchev–Trinajstić information content (AvgIpc) is 3.02. The lowest BCUT2D eigenvalue weighted by Gasteiger charge is -2.13. The predicted molar refractivity (Wildman–Crippen MR) is 96.1 cm³/mol. The topological polar surface area (TPSA) is 314 Å². The molecule has 0 aromatic carbocycles. The predicted octanol–water partition coefficient (Wildman–Crippen LogP) is -7.68. The highest BCUT2D eigenvalue weighted by Gasteiger charge is 2.20. The molecule has 0 fully saturated rings. The average molecular weight is 405 g/mol. The number of nitrogens with two attached hydrogens (primary N) is 5. The van der Waals surface area contributed by atoms with Crippen molar-refractivity contribution in [3.63, 3.8) is 0 Å². The van der Waals surface area contributed by atoms with Crippen LogP contribution in [0.4, 0.5) is 0 Å². The van der Waals surface area contributed by atoms with E-state index in [0.29, 0.717) is 5.96 Å². The van der Waals surface area contributed by atoms with Gasteiger partial charge >= 0.3 is 5.97 Å². The van der Waals surface area contributed by atoms with Crippen molar-refractivity contribution in [3.8, 4) is 0 Å². The minimum Gasteiger partial charge on any atom is -0.480 e. The molecule has 0 aliphatic carbocycles. The summed E-state index contributed by atoms with van der Waals surface area (Å²) in [4.78, 5) is 41.5. The molecule has 0 radical (unpaired) electrons. The van der Waals surface area contributed by atoms with E-state index >= 15 is 0 Å². The Balaban J connectivity index is 0.000000391. The van der Waals surface area contributed by atoms with Crippen LogP contribution in [-0.4, -0.2) is 65.4 Å². The van der Waals surface area contributed by atoms with E-state index in [1.165, 1.54) is 0 Å². The Labute approximate surface area is 157 Å². The third kappa shape index (κ3) is 9.64. The van der Waals surface area contributed by atoms with Gasteiger partial charge in [0.1, 0.15) is 19.6 Å². The Morgan fingerprint density at radius 1 is 1.11 bits per heavy atom. The smallest absolute Gasteiger partial charge is 0.325 e. The van der Waals surface area contributed by atoms with Crippen molar-refractivity contribution in [2.24, 2.45) is 44.2 Å². The molecule has 28 heavy (non-hydrogen) atoms. The minimum absolute atomic E-state index is 0.0300. The molecule has 2 amide bonds. The highest BCUT2D eigenvalue weighted by Crippen LogP contribution is 1.92. The van der Waals surface area contributed by atoms with E-state index in [-0.39, 0.29) is 43.4 Å². The number of nitrogens with zero attached hydrogens (tertiary/aromatic N) is 4. The lowest BCUT2D eigenvalue weighted by atomic mass is 10.6. The second-order valence-corrected chi connectivity index (χ2v) is 4.38. The van der Waals surface area contributed by atoms with Gasteiger partial charge in [-0.25, -0.2) is 49.2 Å². The summed E-state index contributed by atoms with van der Waals surface area (Å²) in [5.41, 5.74) is 13.3. The number of hydrogen-bond acceptors (Lipinski definition) is 14. The quantitative estimate of drug-likeness (QED) is 0.0667. The fourth-order valence-electron chi connectivity index (χ4n) is 1.25. The van der Waals surface area contributed by atoms with Crippen LogP contribution in [0.25, 0.3) is 0 Å². The number of nitrogens with one attached hydrogen (secondary N) is 6. The van der Waals surface area contributed by atoms with Gasteiger partial charge in [0.25, 0.3) is 11.8 Å².